The predicted octanol–water partition coefficient (Wildman–Crippen LogP) is 6.71. The van der Waals surface area contributed by atoms with Gasteiger partial charge in [-0.1, -0.05) is 88.2 Å². The fourth-order valence-electron chi connectivity index (χ4n) is 4.57. The first-order valence-corrected chi connectivity index (χ1v) is 10.2. The van der Waals surface area contributed by atoms with Gasteiger partial charge in [0.2, 0.25) is 0 Å². The zero-order valence-corrected chi connectivity index (χ0v) is 16.2. The van der Waals surface area contributed by atoms with Crippen LogP contribution in [0.15, 0.2) is 54.6 Å². The van der Waals surface area contributed by atoms with Gasteiger partial charge in [0.15, 0.2) is 0 Å². The number of benzene rings is 3. The molecule has 3 aromatic rings. The van der Waals surface area contributed by atoms with Gasteiger partial charge in [0, 0.05) is 0 Å². The van der Waals surface area contributed by atoms with Crippen molar-refractivity contribution in [3.63, 3.8) is 0 Å². The summed E-state index contributed by atoms with van der Waals surface area (Å²) in [5, 5.41) is 5.71. The second kappa shape index (κ2) is 7.11. The maximum absolute atomic E-state index is 2.39. The van der Waals surface area contributed by atoms with Crippen LogP contribution in [0.5, 0.6) is 0 Å². The first-order chi connectivity index (χ1) is 12.8. The van der Waals surface area contributed by atoms with Crippen molar-refractivity contribution in [1.82, 2.24) is 0 Å². The molecule has 0 saturated carbocycles. The summed E-state index contributed by atoms with van der Waals surface area (Å²) in [6.45, 7) is 6.87. The van der Waals surface area contributed by atoms with Crippen LogP contribution in [-0.2, 0) is 19.3 Å². The zero-order valence-electron chi connectivity index (χ0n) is 16.2. The van der Waals surface area contributed by atoms with Crippen LogP contribution in [0.1, 0.15) is 50.3 Å². The molecule has 0 bridgehead atoms. The summed E-state index contributed by atoms with van der Waals surface area (Å²) in [5.74, 6) is 0. The third kappa shape index (κ3) is 2.60. The minimum absolute atomic E-state index is 1.11. The summed E-state index contributed by atoms with van der Waals surface area (Å²) in [6, 6.07) is 20.5. The Balaban J connectivity index is 2.09. The summed E-state index contributed by atoms with van der Waals surface area (Å²) < 4.78 is 0. The third-order valence-electron chi connectivity index (χ3n) is 5.72. The Morgan fingerprint density at radius 2 is 1.31 bits per heavy atom. The minimum atomic E-state index is 1.11. The molecular formula is C26H28. The molecule has 4 rings (SSSR count). The smallest absolute Gasteiger partial charge is 0.00202 e. The topological polar surface area (TPSA) is 0 Å². The van der Waals surface area contributed by atoms with E-state index in [1.54, 1.807) is 5.56 Å². The van der Waals surface area contributed by atoms with Gasteiger partial charge in [-0.3, -0.25) is 0 Å². The van der Waals surface area contributed by atoms with Crippen LogP contribution in [0.25, 0.3) is 11.1 Å². The van der Waals surface area contributed by atoms with Crippen LogP contribution in [0.2, 0.25) is 0 Å². The third-order valence-corrected chi connectivity index (χ3v) is 5.72. The molecule has 0 spiro atoms. The van der Waals surface area contributed by atoms with Gasteiger partial charge in [-0.2, -0.15) is 0 Å². The van der Waals surface area contributed by atoms with E-state index in [1.165, 1.54) is 62.4 Å². The Morgan fingerprint density at radius 1 is 0.615 bits per heavy atom. The van der Waals surface area contributed by atoms with Gasteiger partial charge in [0.05, 0.1) is 0 Å². The Morgan fingerprint density at radius 3 is 2.04 bits per heavy atom. The maximum Gasteiger partial charge on any atom is -0.00202 e. The van der Waals surface area contributed by atoms with E-state index in [2.05, 4.69) is 75.4 Å². The molecule has 0 aromatic heterocycles. The molecule has 0 heteroatoms. The Kier molecular flexibility index (Phi) is 4.68. The van der Waals surface area contributed by atoms with E-state index in [1.807, 2.05) is 0 Å². The molecule has 0 amide bonds. The average molecular weight is 341 g/mol. The molecular weight excluding hydrogens is 312 g/mol. The van der Waals surface area contributed by atoms with E-state index < -0.39 is 0 Å². The van der Waals surface area contributed by atoms with E-state index >= 15 is 0 Å². The lowest BCUT2D eigenvalue weighted by atomic mass is 9.83. The van der Waals surface area contributed by atoms with Crippen LogP contribution in [-0.4, -0.2) is 0 Å². The summed E-state index contributed by atoms with van der Waals surface area (Å²) in [6.07, 6.45) is 5.82. The Hall–Kier alpha value is -2.34. The second-order valence-electron chi connectivity index (χ2n) is 7.36. The van der Waals surface area contributed by atoms with Gasteiger partial charge in [0.25, 0.3) is 0 Å². The summed E-state index contributed by atoms with van der Waals surface area (Å²) in [7, 11) is 0. The largest absolute Gasteiger partial charge is 0.0651 e. The molecule has 26 heavy (non-hydrogen) atoms. The van der Waals surface area contributed by atoms with E-state index in [9.17, 15) is 0 Å². The highest BCUT2D eigenvalue weighted by Crippen LogP contribution is 2.35. The second-order valence-corrected chi connectivity index (χ2v) is 7.36. The average Bonchev–Trinajstić information content (AvgIpc) is 2.66. The van der Waals surface area contributed by atoms with Gasteiger partial charge in [0.1, 0.15) is 0 Å². The zero-order chi connectivity index (χ0) is 18.1. The van der Waals surface area contributed by atoms with Crippen molar-refractivity contribution < 1.29 is 0 Å². The normalized spacial score (nSPS) is 11.7. The Labute approximate surface area is 156 Å². The highest BCUT2D eigenvalue weighted by atomic mass is 14.2. The lowest BCUT2D eigenvalue weighted by molar-refractivity contribution is 0.881. The highest BCUT2D eigenvalue weighted by Gasteiger charge is 2.17. The molecule has 0 fully saturated rings. The van der Waals surface area contributed by atoms with Crippen molar-refractivity contribution in [1.29, 1.82) is 0 Å². The van der Waals surface area contributed by atoms with Crippen LogP contribution in [0.4, 0.5) is 0 Å². The first kappa shape index (κ1) is 17.1. The van der Waals surface area contributed by atoms with E-state index in [0.717, 1.165) is 12.8 Å². The molecule has 0 saturated heterocycles. The van der Waals surface area contributed by atoms with Crippen LogP contribution >= 0.6 is 0 Å². The number of fused-ring (bicyclic) bond motifs is 2. The standard InChI is InChI=1S/C26H28/c1-4-10-19-17-16-18(6-3)20(11-5-2)25(19)24-15-9-14-23-21-12-7-8-13-22(21)26(23)24/h7-9,12-17H,4-6,10-11H2,1-3H3. The summed E-state index contributed by atoms with van der Waals surface area (Å²) >= 11 is 0. The summed E-state index contributed by atoms with van der Waals surface area (Å²) in [5.41, 5.74) is 7.60. The van der Waals surface area contributed by atoms with Gasteiger partial charge in [-0.25, -0.2) is 0 Å². The molecule has 0 radical (unpaired) electrons. The Bertz CT molecular complexity index is 1140. The van der Waals surface area contributed by atoms with Crippen molar-refractivity contribution >= 4 is 0 Å². The number of hydrogen-bond acceptors (Lipinski definition) is 0. The van der Waals surface area contributed by atoms with Crippen molar-refractivity contribution in [2.24, 2.45) is 0 Å². The lowest BCUT2D eigenvalue weighted by Crippen LogP contribution is -2.04. The van der Waals surface area contributed by atoms with Crippen LogP contribution in [0, 0.1) is 20.9 Å². The molecule has 0 N–H and O–H groups in total. The maximum atomic E-state index is 2.39. The van der Waals surface area contributed by atoms with Crippen LogP contribution in [0.3, 0.4) is 0 Å². The molecule has 0 heterocycles. The van der Waals surface area contributed by atoms with Gasteiger partial charge < -0.3 is 0 Å². The van der Waals surface area contributed by atoms with Crippen molar-refractivity contribution in [3.05, 3.63) is 92.2 Å². The fraction of sp³-hybridized carbons (Fsp3) is 0.308. The molecule has 0 aliphatic heterocycles. The number of rotatable bonds is 6. The lowest BCUT2D eigenvalue weighted by Gasteiger charge is -2.20. The fourth-order valence-corrected chi connectivity index (χ4v) is 4.57. The minimum Gasteiger partial charge on any atom is -0.0651 e. The quantitative estimate of drug-likeness (QED) is 0.366. The summed E-state index contributed by atoms with van der Waals surface area (Å²) in [4.78, 5) is 0. The monoisotopic (exact) mass is 340 g/mol. The van der Waals surface area contributed by atoms with Gasteiger partial charge >= 0.3 is 0 Å². The van der Waals surface area contributed by atoms with Crippen molar-refractivity contribution in [2.45, 2.75) is 52.9 Å². The predicted molar refractivity (Wildman–Crippen MR) is 111 cm³/mol. The molecule has 0 nitrogen and oxygen atoms in total. The SMILES string of the molecule is CCCc1ccc(CC)c(CCC)c1-c1cccc2c1=c1ccccc1=2. The van der Waals surface area contributed by atoms with Gasteiger partial charge in [-0.05, 0) is 68.0 Å². The van der Waals surface area contributed by atoms with E-state index in [0.29, 0.717) is 0 Å². The molecule has 132 valence electrons. The highest BCUT2D eigenvalue weighted by molar-refractivity contribution is 5.74. The van der Waals surface area contributed by atoms with Crippen molar-refractivity contribution in [3.8, 4) is 11.1 Å². The number of hydrogen-bond donors (Lipinski definition) is 0. The van der Waals surface area contributed by atoms with E-state index in [-0.39, 0.29) is 0 Å². The molecule has 0 atom stereocenters. The molecule has 3 aromatic carbocycles. The molecule has 1 aliphatic rings. The number of aryl methyl sites for hydroxylation is 2. The molecule has 1 aliphatic carbocycles. The van der Waals surface area contributed by atoms with Gasteiger partial charge in [-0.15, -0.1) is 0 Å². The van der Waals surface area contributed by atoms with Crippen molar-refractivity contribution in [2.75, 3.05) is 0 Å². The first-order valence-electron chi connectivity index (χ1n) is 10.2. The van der Waals surface area contributed by atoms with Crippen LogP contribution < -0.4 is 0 Å². The van der Waals surface area contributed by atoms with E-state index in [4.69, 9.17) is 0 Å². The molecule has 0 unspecified atom stereocenters.